The van der Waals surface area contributed by atoms with Crippen LogP contribution in [0.1, 0.15) is 12.0 Å². The van der Waals surface area contributed by atoms with Crippen LogP contribution in [0.5, 0.6) is 0 Å². The molecular weight excluding hydrogens is 226 g/mol. The molecule has 0 saturated carbocycles. The predicted molar refractivity (Wildman–Crippen MR) is 69.0 cm³/mol. The van der Waals surface area contributed by atoms with Gasteiger partial charge in [0.05, 0.1) is 12.0 Å². The van der Waals surface area contributed by atoms with Gasteiger partial charge in [0.15, 0.2) is 0 Å². The lowest BCUT2D eigenvalue weighted by atomic mass is 9.93. The molecule has 0 aliphatic heterocycles. The van der Waals surface area contributed by atoms with Crippen LogP contribution in [-0.2, 0) is 11.2 Å². The summed E-state index contributed by atoms with van der Waals surface area (Å²) in [7, 11) is 0. The van der Waals surface area contributed by atoms with E-state index in [1.54, 1.807) is 0 Å². The summed E-state index contributed by atoms with van der Waals surface area (Å²) < 4.78 is 0. The number of nitriles is 1. The van der Waals surface area contributed by atoms with Gasteiger partial charge in [0.25, 0.3) is 0 Å². The molecule has 0 aliphatic rings. The van der Waals surface area contributed by atoms with E-state index in [1.807, 2.05) is 48.5 Å². The molecule has 2 rings (SSSR count). The number of hydrogen-bond acceptors (Lipinski definition) is 2. The maximum Gasteiger partial charge on any atom is 0.307 e. The molecule has 3 nitrogen and oxygen atoms in total. The van der Waals surface area contributed by atoms with Crippen LogP contribution in [0.3, 0.4) is 0 Å². The van der Waals surface area contributed by atoms with Gasteiger partial charge in [-0.25, -0.2) is 0 Å². The van der Waals surface area contributed by atoms with Gasteiger partial charge in [-0.3, -0.25) is 4.79 Å². The smallest absolute Gasteiger partial charge is 0.307 e. The number of hydrogen-bond donors (Lipinski definition) is 1. The maximum absolute atomic E-state index is 11.1. The topological polar surface area (TPSA) is 61.1 Å². The van der Waals surface area contributed by atoms with Crippen LogP contribution in [0.25, 0.3) is 10.8 Å². The lowest BCUT2D eigenvalue weighted by Crippen LogP contribution is -2.16. The van der Waals surface area contributed by atoms with E-state index in [1.165, 1.54) is 0 Å². The van der Waals surface area contributed by atoms with Crippen molar-refractivity contribution in [1.82, 2.24) is 0 Å². The maximum atomic E-state index is 11.1. The Labute approximate surface area is 105 Å². The number of rotatable bonds is 4. The summed E-state index contributed by atoms with van der Waals surface area (Å²) in [6.45, 7) is 0. The molecule has 2 aromatic carbocycles. The number of nitrogens with zero attached hydrogens (tertiary/aromatic N) is 1. The van der Waals surface area contributed by atoms with Crippen LogP contribution < -0.4 is 0 Å². The van der Waals surface area contributed by atoms with Crippen LogP contribution in [0.4, 0.5) is 0 Å². The van der Waals surface area contributed by atoms with Crippen molar-refractivity contribution in [1.29, 1.82) is 5.26 Å². The first-order valence-corrected chi connectivity index (χ1v) is 5.78. The molecule has 0 aromatic heterocycles. The van der Waals surface area contributed by atoms with E-state index in [2.05, 4.69) is 0 Å². The molecule has 0 unspecified atom stereocenters. The third-order valence-electron chi connectivity index (χ3n) is 3.03. The van der Waals surface area contributed by atoms with Crippen molar-refractivity contribution in [3.63, 3.8) is 0 Å². The van der Waals surface area contributed by atoms with E-state index in [-0.39, 0.29) is 6.42 Å². The Morgan fingerprint density at radius 3 is 2.67 bits per heavy atom. The Kier molecular flexibility index (Phi) is 3.59. The summed E-state index contributed by atoms with van der Waals surface area (Å²) in [6.07, 6.45) is 0.433. The molecule has 1 atom stereocenters. The molecule has 0 aliphatic carbocycles. The molecule has 3 heteroatoms. The molecule has 2 aromatic rings. The van der Waals surface area contributed by atoms with Gasteiger partial charge >= 0.3 is 5.97 Å². The zero-order valence-electron chi connectivity index (χ0n) is 9.84. The third kappa shape index (κ3) is 2.49. The van der Waals surface area contributed by atoms with Gasteiger partial charge in [-0.1, -0.05) is 42.5 Å². The van der Waals surface area contributed by atoms with Gasteiger partial charge < -0.3 is 5.11 Å². The minimum Gasteiger partial charge on any atom is -0.481 e. The summed E-state index contributed by atoms with van der Waals surface area (Å²) in [4.78, 5) is 11.1. The second kappa shape index (κ2) is 5.33. The second-order valence-electron chi connectivity index (χ2n) is 4.24. The Morgan fingerprint density at radius 2 is 1.94 bits per heavy atom. The summed E-state index contributed by atoms with van der Waals surface area (Å²) in [5, 5.41) is 19.9. The molecular formula is C15H13NO2. The molecule has 0 radical (unpaired) electrons. The van der Waals surface area contributed by atoms with Crippen molar-refractivity contribution in [2.24, 2.45) is 5.92 Å². The predicted octanol–water partition coefficient (Wildman–Crippen LogP) is 3.00. The fourth-order valence-corrected chi connectivity index (χ4v) is 2.09. The number of aliphatic carboxylic acids is 1. The van der Waals surface area contributed by atoms with Crippen LogP contribution in [0, 0.1) is 17.2 Å². The van der Waals surface area contributed by atoms with Crippen molar-refractivity contribution >= 4 is 16.7 Å². The quantitative estimate of drug-likeness (QED) is 0.892. The van der Waals surface area contributed by atoms with Crippen molar-refractivity contribution in [3.05, 3.63) is 48.0 Å². The molecule has 0 heterocycles. The van der Waals surface area contributed by atoms with Crippen molar-refractivity contribution in [2.75, 3.05) is 0 Å². The SMILES string of the molecule is N#CC[C@@H](Cc1cccc2ccccc12)C(=O)O. The highest BCUT2D eigenvalue weighted by molar-refractivity contribution is 5.86. The van der Waals surface area contributed by atoms with Gasteiger partial charge in [0.2, 0.25) is 0 Å². The molecule has 0 saturated heterocycles. The lowest BCUT2D eigenvalue weighted by Gasteiger charge is -2.11. The van der Waals surface area contributed by atoms with Gasteiger partial charge in [-0.2, -0.15) is 5.26 Å². The third-order valence-corrected chi connectivity index (χ3v) is 3.03. The van der Waals surface area contributed by atoms with Gasteiger partial charge in [0, 0.05) is 6.42 Å². The number of carbonyl (C=O) groups is 1. The number of benzene rings is 2. The van der Waals surface area contributed by atoms with Crippen molar-refractivity contribution in [3.8, 4) is 6.07 Å². The first-order valence-electron chi connectivity index (χ1n) is 5.78. The van der Waals surface area contributed by atoms with Crippen LogP contribution in [0.15, 0.2) is 42.5 Å². The molecule has 0 fully saturated rings. The largest absolute Gasteiger partial charge is 0.481 e. The summed E-state index contributed by atoms with van der Waals surface area (Å²) >= 11 is 0. The zero-order valence-corrected chi connectivity index (χ0v) is 9.84. The Morgan fingerprint density at radius 1 is 1.22 bits per heavy atom. The average molecular weight is 239 g/mol. The van der Waals surface area contributed by atoms with Gasteiger partial charge in [-0.05, 0) is 22.8 Å². The number of fused-ring (bicyclic) bond motifs is 1. The zero-order chi connectivity index (χ0) is 13.0. The van der Waals surface area contributed by atoms with E-state index >= 15 is 0 Å². The highest BCUT2D eigenvalue weighted by Crippen LogP contribution is 2.22. The first-order chi connectivity index (χ1) is 8.72. The fraction of sp³-hybridized carbons (Fsp3) is 0.200. The summed E-state index contributed by atoms with van der Waals surface area (Å²) in [5.74, 6) is -1.55. The molecule has 0 spiro atoms. The highest BCUT2D eigenvalue weighted by atomic mass is 16.4. The van der Waals surface area contributed by atoms with E-state index < -0.39 is 11.9 Å². The summed E-state index contributed by atoms with van der Waals surface area (Å²) in [5.41, 5.74) is 0.982. The number of carboxylic acid groups (broad SMARTS) is 1. The normalized spacial score (nSPS) is 11.9. The Hall–Kier alpha value is -2.34. The van der Waals surface area contributed by atoms with Crippen LogP contribution in [-0.4, -0.2) is 11.1 Å². The van der Waals surface area contributed by atoms with Crippen molar-refractivity contribution in [2.45, 2.75) is 12.8 Å². The fourth-order valence-electron chi connectivity index (χ4n) is 2.09. The highest BCUT2D eigenvalue weighted by Gasteiger charge is 2.18. The first kappa shape index (κ1) is 12.1. The molecule has 90 valence electrons. The van der Waals surface area contributed by atoms with Gasteiger partial charge in [-0.15, -0.1) is 0 Å². The second-order valence-corrected chi connectivity index (χ2v) is 4.24. The average Bonchev–Trinajstić information content (AvgIpc) is 2.38. The molecule has 0 amide bonds. The monoisotopic (exact) mass is 239 g/mol. The van der Waals surface area contributed by atoms with Crippen LogP contribution >= 0.6 is 0 Å². The lowest BCUT2D eigenvalue weighted by molar-refractivity contribution is -0.141. The Bertz CT molecular complexity index is 608. The van der Waals surface area contributed by atoms with E-state index in [0.29, 0.717) is 6.42 Å². The van der Waals surface area contributed by atoms with Crippen LogP contribution in [0.2, 0.25) is 0 Å². The number of carboxylic acids is 1. The van der Waals surface area contributed by atoms with E-state index in [9.17, 15) is 4.79 Å². The molecule has 0 bridgehead atoms. The summed E-state index contributed by atoms with van der Waals surface area (Å²) in [6, 6.07) is 15.7. The van der Waals surface area contributed by atoms with E-state index in [0.717, 1.165) is 16.3 Å². The molecule has 1 N–H and O–H groups in total. The Balaban J connectivity index is 2.36. The van der Waals surface area contributed by atoms with Gasteiger partial charge in [0.1, 0.15) is 0 Å². The minimum absolute atomic E-state index is 0.0402. The molecule has 18 heavy (non-hydrogen) atoms. The van der Waals surface area contributed by atoms with E-state index in [4.69, 9.17) is 10.4 Å². The standard InChI is InChI=1S/C15H13NO2/c16-9-8-13(15(17)18)10-12-6-3-5-11-4-1-2-7-14(11)12/h1-7,13H,8,10H2,(H,17,18)/t13-/m0/s1. The minimum atomic E-state index is -0.913. The van der Waals surface area contributed by atoms with Crippen molar-refractivity contribution < 1.29 is 9.90 Å².